The molecular weight excluding hydrogens is 214 g/mol. The molecule has 0 aromatic carbocycles. The summed E-state index contributed by atoms with van der Waals surface area (Å²) in [5, 5.41) is 16.8. The van der Waals surface area contributed by atoms with E-state index in [1.165, 1.54) is 13.8 Å². The second-order valence-corrected chi connectivity index (χ2v) is 2.09. The van der Waals surface area contributed by atoms with E-state index < -0.39 is 24.1 Å². The van der Waals surface area contributed by atoms with Crippen LogP contribution in [0.2, 0.25) is 0 Å². The fraction of sp³-hybridized carbons (Fsp3) is 0.667. The van der Waals surface area contributed by atoms with Gasteiger partial charge < -0.3 is 14.9 Å². The van der Waals surface area contributed by atoms with Gasteiger partial charge in [0, 0.05) is 0 Å². The van der Waals surface area contributed by atoms with E-state index in [0.717, 1.165) is 0 Å². The summed E-state index contributed by atoms with van der Waals surface area (Å²) in [6.07, 6.45) is -2.49. The quantitative estimate of drug-likeness (QED) is 0.433. The van der Waals surface area contributed by atoms with E-state index in [9.17, 15) is 9.59 Å². The van der Waals surface area contributed by atoms with Crippen molar-refractivity contribution in [3.05, 3.63) is 0 Å². The fourth-order valence-electron chi connectivity index (χ4n) is 0.323. The third-order valence-corrected chi connectivity index (χ3v) is 0.982. The zero-order chi connectivity index (χ0) is 9.02. The summed E-state index contributed by atoms with van der Waals surface area (Å²) in [5.41, 5.74) is 0. The van der Waals surface area contributed by atoms with Crippen LogP contribution in [0.25, 0.3) is 0 Å². The van der Waals surface area contributed by atoms with Gasteiger partial charge in [-0.05, 0) is 13.8 Å². The van der Waals surface area contributed by atoms with Crippen molar-refractivity contribution >= 4 is 92.9 Å². The molecule has 0 saturated carbocycles. The van der Waals surface area contributed by atoms with E-state index in [4.69, 9.17) is 10.2 Å². The molecule has 0 saturated heterocycles. The summed E-state index contributed by atoms with van der Waals surface area (Å²) in [6, 6.07) is 0. The first-order valence-corrected chi connectivity index (χ1v) is 3.06. The standard InChI is InChI=1S/C6H10O5.K.Na.2H/c1-3(7)6(10)11-4(2)5(8)9;;;;/h3-4,7H,1-2H3,(H,8,9);;;;. The minimum absolute atomic E-state index is 0. The number of carboxylic acid groups (broad SMARTS) is 1. The minimum atomic E-state index is -1.28. The van der Waals surface area contributed by atoms with E-state index in [1.807, 2.05) is 0 Å². The Morgan fingerprint density at radius 1 is 1.31 bits per heavy atom. The maximum absolute atomic E-state index is 10.5. The molecule has 13 heavy (non-hydrogen) atoms. The summed E-state index contributed by atoms with van der Waals surface area (Å²) < 4.78 is 4.28. The molecule has 0 aliphatic carbocycles. The third-order valence-electron chi connectivity index (χ3n) is 0.982. The van der Waals surface area contributed by atoms with Gasteiger partial charge in [-0.15, -0.1) is 0 Å². The number of hydrogen-bond acceptors (Lipinski definition) is 4. The number of carbonyl (C=O) groups excluding carboxylic acids is 1. The van der Waals surface area contributed by atoms with Crippen LogP contribution < -0.4 is 0 Å². The van der Waals surface area contributed by atoms with Crippen LogP contribution in [-0.2, 0) is 14.3 Å². The number of carboxylic acids is 1. The first-order chi connectivity index (χ1) is 4.95. The SMILES string of the molecule is CC(O)C(=O)OC(C)C(=O)O.[KH].[NaH]. The van der Waals surface area contributed by atoms with Crippen LogP contribution in [0.15, 0.2) is 0 Å². The van der Waals surface area contributed by atoms with Crippen LogP contribution in [-0.4, -0.2) is 115 Å². The Hall–Kier alpha value is 1.54. The van der Waals surface area contributed by atoms with Crippen LogP contribution in [0, 0.1) is 0 Å². The molecule has 0 amide bonds. The van der Waals surface area contributed by atoms with Crippen LogP contribution in [0.1, 0.15) is 13.8 Å². The number of aliphatic hydroxyl groups is 1. The Labute approximate surface area is 141 Å². The molecule has 0 heterocycles. The van der Waals surface area contributed by atoms with Gasteiger partial charge in [0.2, 0.25) is 0 Å². The molecule has 0 aromatic heterocycles. The van der Waals surface area contributed by atoms with E-state index >= 15 is 0 Å². The van der Waals surface area contributed by atoms with E-state index in [1.54, 1.807) is 0 Å². The number of carbonyl (C=O) groups is 2. The normalized spacial score (nSPS) is 12.8. The third kappa shape index (κ3) is 9.83. The van der Waals surface area contributed by atoms with Crippen molar-refractivity contribution in [2.75, 3.05) is 0 Å². The number of hydrogen-bond donors (Lipinski definition) is 2. The average molecular weight is 226 g/mol. The Bertz CT molecular complexity index is 172. The summed E-state index contributed by atoms with van der Waals surface area (Å²) in [5.74, 6) is -2.17. The van der Waals surface area contributed by atoms with Gasteiger partial charge in [0.25, 0.3) is 0 Å². The van der Waals surface area contributed by atoms with E-state index in [-0.39, 0.29) is 80.9 Å². The molecule has 0 aliphatic rings. The number of ether oxygens (including phenoxy) is 1. The van der Waals surface area contributed by atoms with Gasteiger partial charge in [0.1, 0.15) is 6.10 Å². The summed E-state index contributed by atoms with van der Waals surface area (Å²) >= 11 is 0. The molecule has 2 unspecified atom stereocenters. The van der Waals surface area contributed by atoms with Crippen LogP contribution in [0.5, 0.6) is 0 Å². The number of esters is 1. The molecule has 0 fully saturated rings. The monoisotopic (exact) mass is 226 g/mol. The van der Waals surface area contributed by atoms with Gasteiger partial charge in [-0.25, -0.2) is 9.59 Å². The van der Waals surface area contributed by atoms with Crippen molar-refractivity contribution in [3.8, 4) is 0 Å². The Balaban J connectivity index is -0.000000500. The molecule has 0 radical (unpaired) electrons. The Morgan fingerprint density at radius 2 is 1.69 bits per heavy atom. The van der Waals surface area contributed by atoms with Gasteiger partial charge in [-0.1, -0.05) is 0 Å². The predicted octanol–water partition coefficient (Wildman–Crippen LogP) is -1.91. The van der Waals surface area contributed by atoms with Crippen molar-refractivity contribution < 1.29 is 24.5 Å². The van der Waals surface area contributed by atoms with Crippen molar-refractivity contribution in [2.45, 2.75) is 26.1 Å². The number of aliphatic carboxylic acids is 1. The van der Waals surface area contributed by atoms with Crippen molar-refractivity contribution in [3.63, 3.8) is 0 Å². The first-order valence-electron chi connectivity index (χ1n) is 3.06. The van der Waals surface area contributed by atoms with Gasteiger partial charge in [-0.2, -0.15) is 0 Å². The summed E-state index contributed by atoms with van der Waals surface area (Å²) in [4.78, 5) is 20.6. The molecule has 5 nitrogen and oxygen atoms in total. The summed E-state index contributed by atoms with van der Waals surface area (Å²) in [6.45, 7) is 2.42. The zero-order valence-corrected chi connectivity index (χ0v) is 6.27. The molecular formula is C6H12KNaO5. The van der Waals surface area contributed by atoms with Gasteiger partial charge >= 0.3 is 92.9 Å². The van der Waals surface area contributed by atoms with E-state index in [0.29, 0.717) is 0 Å². The number of aliphatic hydroxyl groups excluding tert-OH is 1. The number of rotatable bonds is 3. The first kappa shape index (κ1) is 20.0. The molecule has 7 heteroatoms. The molecule has 0 aromatic rings. The Kier molecular flexibility index (Phi) is 15.5. The topological polar surface area (TPSA) is 83.8 Å². The van der Waals surface area contributed by atoms with Crippen LogP contribution in [0.3, 0.4) is 0 Å². The van der Waals surface area contributed by atoms with Crippen LogP contribution in [0.4, 0.5) is 0 Å². The molecule has 2 N–H and O–H groups in total. The zero-order valence-electron chi connectivity index (χ0n) is 6.27. The average Bonchev–Trinajstić information content (AvgIpc) is 1.87. The van der Waals surface area contributed by atoms with Gasteiger partial charge in [0.15, 0.2) is 6.10 Å². The molecule has 0 aliphatic heterocycles. The molecule has 2 atom stereocenters. The fourth-order valence-corrected chi connectivity index (χ4v) is 0.323. The molecule has 0 bridgehead atoms. The molecule has 0 rings (SSSR count). The van der Waals surface area contributed by atoms with Gasteiger partial charge in [-0.3, -0.25) is 0 Å². The van der Waals surface area contributed by atoms with Crippen LogP contribution >= 0.6 is 0 Å². The van der Waals surface area contributed by atoms with Crippen molar-refractivity contribution in [1.29, 1.82) is 0 Å². The molecule has 0 spiro atoms. The predicted molar refractivity (Wildman–Crippen MR) is 49.2 cm³/mol. The molecule has 68 valence electrons. The second-order valence-electron chi connectivity index (χ2n) is 2.09. The van der Waals surface area contributed by atoms with Gasteiger partial charge in [0.05, 0.1) is 0 Å². The second kappa shape index (κ2) is 10.1. The van der Waals surface area contributed by atoms with Crippen molar-refractivity contribution in [1.82, 2.24) is 0 Å². The van der Waals surface area contributed by atoms with Crippen molar-refractivity contribution in [2.24, 2.45) is 0 Å². The van der Waals surface area contributed by atoms with E-state index in [2.05, 4.69) is 4.74 Å². The Morgan fingerprint density at radius 3 is 1.92 bits per heavy atom. The summed E-state index contributed by atoms with van der Waals surface area (Å²) in [7, 11) is 0. The maximum atomic E-state index is 10.5.